The predicted octanol–water partition coefficient (Wildman–Crippen LogP) is 2.62. The molecule has 0 amide bonds. The lowest BCUT2D eigenvalue weighted by atomic mass is 9.96. The van der Waals surface area contributed by atoms with Gasteiger partial charge in [0.25, 0.3) is 0 Å². The molecular formula is C14H25N3S. The van der Waals surface area contributed by atoms with Gasteiger partial charge in [0.2, 0.25) is 0 Å². The average molecular weight is 267 g/mol. The average Bonchev–Trinajstić information content (AvgIpc) is 2.78. The van der Waals surface area contributed by atoms with Crippen LogP contribution in [0.5, 0.6) is 0 Å². The van der Waals surface area contributed by atoms with Crippen molar-refractivity contribution in [2.45, 2.75) is 51.6 Å². The Balaban J connectivity index is 1.89. The van der Waals surface area contributed by atoms with Crippen molar-refractivity contribution in [3.63, 3.8) is 0 Å². The van der Waals surface area contributed by atoms with E-state index in [0.717, 1.165) is 6.54 Å². The fourth-order valence-electron chi connectivity index (χ4n) is 2.30. The molecule has 2 heterocycles. The van der Waals surface area contributed by atoms with E-state index in [1.54, 1.807) is 0 Å². The normalized spacial score (nSPS) is 19.3. The summed E-state index contributed by atoms with van der Waals surface area (Å²) in [5.74, 6) is 0. The van der Waals surface area contributed by atoms with E-state index in [0.29, 0.717) is 6.04 Å². The van der Waals surface area contributed by atoms with Crippen molar-refractivity contribution in [1.82, 2.24) is 15.2 Å². The summed E-state index contributed by atoms with van der Waals surface area (Å²) in [5.41, 5.74) is 0.231. The zero-order valence-electron chi connectivity index (χ0n) is 12.0. The van der Waals surface area contributed by atoms with Crippen LogP contribution in [0.1, 0.15) is 43.5 Å². The second-order valence-corrected chi connectivity index (χ2v) is 7.32. The summed E-state index contributed by atoms with van der Waals surface area (Å²) in [5, 5.41) is 4.64. The van der Waals surface area contributed by atoms with Crippen molar-refractivity contribution in [2.75, 3.05) is 20.1 Å². The number of aromatic nitrogens is 1. The van der Waals surface area contributed by atoms with Crippen LogP contribution >= 0.6 is 11.3 Å². The van der Waals surface area contributed by atoms with E-state index in [1.165, 1.54) is 35.8 Å². The molecule has 1 saturated heterocycles. The number of rotatable bonds is 3. The van der Waals surface area contributed by atoms with Crippen molar-refractivity contribution in [2.24, 2.45) is 0 Å². The van der Waals surface area contributed by atoms with Gasteiger partial charge in [0, 0.05) is 30.2 Å². The van der Waals surface area contributed by atoms with Gasteiger partial charge in [-0.1, -0.05) is 20.8 Å². The van der Waals surface area contributed by atoms with Gasteiger partial charge < -0.3 is 5.32 Å². The quantitative estimate of drug-likeness (QED) is 0.912. The van der Waals surface area contributed by atoms with Crippen LogP contribution in [0.4, 0.5) is 0 Å². The monoisotopic (exact) mass is 267 g/mol. The second-order valence-electron chi connectivity index (χ2n) is 6.21. The van der Waals surface area contributed by atoms with Gasteiger partial charge in [-0.3, -0.25) is 4.90 Å². The summed E-state index contributed by atoms with van der Waals surface area (Å²) < 4.78 is 0. The number of thiazole rings is 1. The molecule has 0 aromatic carbocycles. The van der Waals surface area contributed by atoms with Crippen LogP contribution in [0, 0.1) is 0 Å². The van der Waals surface area contributed by atoms with Crippen LogP contribution < -0.4 is 5.32 Å². The number of hydrogen-bond donors (Lipinski definition) is 1. The van der Waals surface area contributed by atoms with E-state index < -0.39 is 0 Å². The van der Waals surface area contributed by atoms with Crippen molar-refractivity contribution in [3.05, 3.63) is 16.1 Å². The number of hydrogen-bond acceptors (Lipinski definition) is 4. The molecule has 3 nitrogen and oxygen atoms in total. The SMILES string of the molecule is CNC1CCN(Cc2ncc(C(C)(C)C)s2)CC1. The maximum Gasteiger partial charge on any atom is 0.107 e. The van der Waals surface area contributed by atoms with E-state index in [9.17, 15) is 0 Å². The van der Waals surface area contributed by atoms with Crippen LogP contribution in [0.3, 0.4) is 0 Å². The molecule has 1 fully saturated rings. The van der Waals surface area contributed by atoms with Gasteiger partial charge in [-0.05, 0) is 25.3 Å². The first-order chi connectivity index (χ1) is 8.49. The molecule has 0 aliphatic carbocycles. The lowest BCUT2D eigenvalue weighted by Gasteiger charge is -2.31. The Morgan fingerprint density at radius 3 is 2.56 bits per heavy atom. The highest BCUT2D eigenvalue weighted by molar-refractivity contribution is 7.11. The molecule has 1 aliphatic heterocycles. The third kappa shape index (κ3) is 3.53. The topological polar surface area (TPSA) is 28.2 Å². The molecule has 0 atom stereocenters. The predicted molar refractivity (Wildman–Crippen MR) is 78.2 cm³/mol. The Kier molecular flexibility index (Phi) is 4.41. The van der Waals surface area contributed by atoms with Gasteiger partial charge in [-0.25, -0.2) is 4.98 Å². The largest absolute Gasteiger partial charge is 0.317 e. The molecule has 0 saturated carbocycles. The van der Waals surface area contributed by atoms with Crippen LogP contribution in [0.2, 0.25) is 0 Å². The minimum absolute atomic E-state index is 0.231. The summed E-state index contributed by atoms with van der Waals surface area (Å²) in [6.07, 6.45) is 4.57. The van der Waals surface area contributed by atoms with Gasteiger partial charge in [0.15, 0.2) is 0 Å². The van der Waals surface area contributed by atoms with Gasteiger partial charge >= 0.3 is 0 Å². The third-order valence-electron chi connectivity index (χ3n) is 3.65. The highest BCUT2D eigenvalue weighted by Gasteiger charge is 2.21. The highest BCUT2D eigenvalue weighted by Crippen LogP contribution is 2.28. The van der Waals surface area contributed by atoms with E-state index in [-0.39, 0.29) is 5.41 Å². The van der Waals surface area contributed by atoms with Crippen LogP contribution in [-0.2, 0) is 12.0 Å². The Labute approximate surface area is 115 Å². The Morgan fingerprint density at radius 2 is 2.06 bits per heavy atom. The second kappa shape index (κ2) is 5.68. The van der Waals surface area contributed by atoms with E-state index in [1.807, 2.05) is 11.3 Å². The molecule has 0 radical (unpaired) electrons. The van der Waals surface area contributed by atoms with Crippen molar-refractivity contribution < 1.29 is 0 Å². The minimum atomic E-state index is 0.231. The molecule has 2 rings (SSSR count). The summed E-state index contributed by atoms with van der Waals surface area (Å²) in [6, 6.07) is 0.711. The summed E-state index contributed by atoms with van der Waals surface area (Å²) in [6.45, 7) is 10.2. The maximum absolute atomic E-state index is 4.58. The number of likely N-dealkylation sites (tertiary alicyclic amines) is 1. The molecule has 1 N–H and O–H groups in total. The van der Waals surface area contributed by atoms with Crippen LogP contribution in [0.15, 0.2) is 6.20 Å². The standard InChI is InChI=1S/C14H25N3S/c1-14(2,3)12-9-16-13(18-12)10-17-7-5-11(15-4)6-8-17/h9,11,15H,5-8,10H2,1-4H3. The zero-order valence-corrected chi connectivity index (χ0v) is 12.8. The van der Waals surface area contributed by atoms with Crippen molar-refractivity contribution in [1.29, 1.82) is 0 Å². The summed E-state index contributed by atoms with van der Waals surface area (Å²) in [7, 11) is 2.07. The maximum atomic E-state index is 4.58. The van der Waals surface area contributed by atoms with Crippen LogP contribution in [0.25, 0.3) is 0 Å². The molecule has 18 heavy (non-hydrogen) atoms. The molecule has 1 aromatic heterocycles. The van der Waals surface area contributed by atoms with E-state index >= 15 is 0 Å². The van der Waals surface area contributed by atoms with Crippen molar-refractivity contribution in [3.8, 4) is 0 Å². The fraction of sp³-hybridized carbons (Fsp3) is 0.786. The molecule has 4 heteroatoms. The van der Waals surface area contributed by atoms with E-state index in [4.69, 9.17) is 0 Å². The smallest absolute Gasteiger partial charge is 0.107 e. The lowest BCUT2D eigenvalue weighted by molar-refractivity contribution is 0.194. The zero-order chi connectivity index (χ0) is 13.2. The Bertz CT molecular complexity index is 373. The number of nitrogens with zero attached hydrogens (tertiary/aromatic N) is 2. The fourth-order valence-corrected chi connectivity index (χ4v) is 3.32. The first-order valence-corrected chi connectivity index (χ1v) is 7.65. The minimum Gasteiger partial charge on any atom is -0.317 e. The molecule has 0 spiro atoms. The summed E-state index contributed by atoms with van der Waals surface area (Å²) in [4.78, 5) is 8.50. The number of nitrogens with one attached hydrogen (secondary N) is 1. The van der Waals surface area contributed by atoms with Gasteiger partial charge in [0.05, 0.1) is 6.54 Å². The van der Waals surface area contributed by atoms with Crippen LogP contribution in [-0.4, -0.2) is 36.1 Å². The highest BCUT2D eigenvalue weighted by atomic mass is 32.1. The molecule has 0 bridgehead atoms. The molecule has 1 aromatic rings. The Morgan fingerprint density at radius 1 is 1.39 bits per heavy atom. The van der Waals surface area contributed by atoms with Crippen molar-refractivity contribution >= 4 is 11.3 Å². The number of piperidine rings is 1. The molecule has 1 aliphatic rings. The van der Waals surface area contributed by atoms with E-state index in [2.05, 4.69) is 49.2 Å². The molecule has 102 valence electrons. The first-order valence-electron chi connectivity index (χ1n) is 6.84. The Hall–Kier alpha value is -0.450. The molecule has 0 unspecified atom stereocenters. The molecular weight excluding hydrogens is 242 g/mol. The van der Waals surface area contributed by atoms with Gasteiger partial charge in [-0.15, -0.1) is 11.3 Å². The van der Waals surface area contributed by atoms with Gasteiger partial charge in [0.1, 0.15) is 5.01 Å². The third-order valence-corrected chi connectivity index (χ3v) is 5.06. The lowest BCUT2D eigenvalue weighted by Crippen LogP contribution is -2.40. The first kappa shape index (κ1) is 14.0. The van der Waals surface area contributed by atoms with Gasteiger partial charge in [-0.2, -0.15) is 0 Å². The summed E-state index contributed by atoms with van der Waals surface area (Å²) >= 11 is 1.87.